The SMILES string of the molecule is NCC1CCCN2c3ccccc3CC12. The first-order chi connectivity index (χ1) is 7.40. The van der Waals surface area contributed by atoms with Crippen LogP contribution in [0.1, 0.15) is 18.4 Å². The Kier molecular flexibility index (Phi) is 2.17. The van der Waals surface area contributed by atoms with Crippen LogP contribution < -0.4 is 10.6 Å². The van der Waals surface area contributed by atoms with Crippen molar-refractivity contribution in [3.8, 4) is 0 Å². The predicted molar refractivity (Wildman–Crippen MR) is 63.1 cm³/mol. The summed E-state index contributed by atoms with van der Waals surface area (Å²) in [6.07, 6.45) is 3.82. The lowest BCUT2D eigenvalue weighted by Gasteiger charge is -2.38. The summed E-state index contributed by atoms with van der Waals surface area (Å²) < 4.78 is 0. The maximum atomic E-state index is 5.87. The maximum absolute atomic E-state index is 5.87. The topological polar surface area (TPSA) is 29.3 Å². The highest BCUT2D eigenvalue weighted by atomic mass is 15.2. The van der Waals surface area contributed by atoms with Gasteiger partial charge in [0, 0.05) is 18.3 Å². The molecule has 0 radical (unpaired) electrons. The van der Waals surface area contributed by atoms with Crippen LogP contribution in [-0.2, 0) is 6.42 Å². The van der Waals surface area contributed by atoms with Gasteiger partial charge in [-0.3, -0.25) is 0 Å². The fourth-order valence-electron chi connectivity index (χ4n) is 3.18. The number of piperidine rings is 1. The van der Waals surface area contributed by atoms with Crippen LogP contribution in [0.25, 0.3) is 0 Å². The fraction of sp³-hybridized carbons (Fsp3) is 0.538. The zero-order valence-corrected chi connectivity index (χ0v) is 9.02. The van der Waals surface area contributed by atoms with Crippen LogP contribution >= 0.6 is 0 Å². The minimum Gasteiger partial charge on any atom is -0.368 e. The smallest absolute Gasteiger partial charge is 0.0402 e. The second kappa shape index (κ2) is 3.53. The van der Waals surface area contributed by atoms with Crippen molar-refractivity contribution in [1.29, 1.82) is 0 Å². The molecule has 3 rings (SSSR count). The molecule has 2 aliphatic rings. The number of nitrogens with two attached hydrogens (primary N) is 1. The lowest BCUT2D eigenvalue weighted by Crippen LogP contribution is -2.45. The highest BCUT2D eigenvalue weighted by Crippen LogP contribution is 2.38. The normalized spacial score (nSPS) is 28.7. The van der Waals surface area contributed by atoms with Gasteiger partial charge in [-0.1, -0.05) is 18.2 Å². The molecular weight excluding hydrogens is 184 g/mol. The number of hydrogen-bond acceptors (Lipinski definition) is 2. The quantitative estimate of drug-likeness (QED) is 0.752. The summed E-state index contributed by atoms with van der Waals surface area (Å²) in [5.41, 5.74) is 8.84. The van der Waals surface area contributed by atoms with Gasteiger partial charge >= 0.3 is 0 Å². The van der Waals surface area contributed by atoms with Gasteiger partial charge in [0.15, 0.2) is 0 Å². The third-order valence-corrected chi connectivity index (χ3v) is 3.95. The van der Waals surface area contributed by atoms with E-state index in [1.54, 1.807) is 0 Å². The van der Waals surface area contributed by atoms with E-state index in [1.807, 2.05) is 0 Å². The number of rotatable bonds is 1. The van der Waals surface area contributed by atoms with E-state index in [9.17, 15) is 0 Å². The van der Waals surface area contributed by atoms with E-state index < -0.39 is 0 Å². The number of hydrogen-bond donors (Lipinski definition) is 1. The molecule has 0 amide bonds. The minimum atomic E-state index is 0.682. The average Bonchev–Trinajstić information content (AvgIpc) is 2.67. The van der Waals surface area contributed by atoms with Crippen molar-refractivity contribution in [3.63, 3.8) is 0 Å². The molecule has 2 aliphatic heterocycles. The van der Waals surface area contributed by atoms with Gasteiger partial charge in [0.25, 0.3) is 0 Å². The number of nitrogens with zero attached hydrogens (tertiary/aromatic N) is 1. The van der Waals surface area contributed by atoms with Crippen LogP contribution in [0, 0.1) is 5.92 Å². The Hall–Kier alpha value is -1.02. The minimum absolute atomic E-state index is 0.682. The lowest BCUT2D eigenvalue weighted by atomic mass is 9.89. The van der Waals surface area contributed by atoms with Gasteiger partial charge in [-0.25, -0.2) is 0 Å². The summed E-state index contributed by atoms with van der Waals surface area (Å²) >= 11 is 0. The molecule has 0 aliphatic carbocycles. The largest absolute Gasteiger partial charge is 0.368 e. The third-order valence-electron chi connectivity index (χ3n) is 3.95. The van der Waals surface area contributed by atoms with E-state index in [0.717, 1.165) is 6.54 Å². The maximum Gasteiger partial charge on any atom is 0.0402 e. The Morgan fingerprint density at radius 1 is 1.33 bits per heavy atom. The van der Waals surface area contributed by atoms with E-state index in [-0.39, 0.29) is 0 Å². The lowest BCUT2D eigenvalue weighted by molar-refractivity contribution is 0.339. The number of fused-ring (bicyclic) bond motifs is 3. The molecule has 15 heavy (non-hydrogen) atoms. The summed E-state index contributed by atoms with van der Waals surface area (Å²) in [6, 6.07) is 9.50. The molecule has 1 saturated heterocycles. The third kappa shape index (κ3) is 1.36. The first-order valence-corrected chi connectivity index (χ1v) is 5.95. The molecule has 0 spiro atoms. The number of para-hydroxylation sites is 1. The van der Waals surface area contributed by atoms with Gasteiger partial charge in [0.1, 0.15) is 0 Å². The first kappa shape index (κ1) is 9.22. The Labute approximate surface area is 91.1 Å². The van der Waals surface area contributed by atoms with Crippen molar-refractivity contribution in [3.05, 3.63) is 29.8 Å². The van der Waals surface area contributed by atoms with E-state index in [4.69, 9.17) is 5.73 Å². The van der Waals surface area contributed by atoms with Gasteiger partial charge in [0.05, 0.1) is 0 Å². The molecule has 1 aromatic rings. The van der Waals surface area contributed by atoms with Gasteiger partial charge in [0.2, 0.25) is 0 Å². The van der Waals surface area contributed by atoms with Crippen molar-refractivity contribution < 1.29 is 0 Å². The summed E-state index contributed by atoms with van der Waals surface area (Å²) in [6.45, 7) is 2.06. The molecule has 0 saturated carbocycles. The number of anilines is 1. The van der Waals surface area contributed by atoms with Crippen LogP contribution in [0.15, 0.2) is 24.3 Å². The number of benzene rings is 1. The van der Waals surface area contributed by atoms with E-state index in [0.29, 0.717) is 12.0 Å². The van der Waals surface area contributed by atoms with Crippen molar-refractivity contribution in [2.45, 2.75) is 25.3 Å². The van der Waals surface area contributed by atoms with Crippen molar-refractivity contribution in [2.24, 2.45) is 11.7 Å². The van der Waals surface area contributed by atoms with Crippen LogP contribution in [0.3, 0.4) is 0 Å². The molecule has 2 atom stereocenters. The van der Waals surface area contributed by atoms with Crippen LogP contribution in [0.2, 0.25) is 0 Å². The van der Waals surface area contributed by atoms with Gasteiger partial charge in [-0.2, -0.15) is 0 Å². The molecule has 2 heterocycles. The Morgan fingerprint density at radius 2 is 2.20 bits per heavy atom. The molecular formula is C13H18N2. The van der Waals surface area contributed by atoms with Crippen molar-refractivity contribution in [2.75, 3.05) is 18.0 Å². The molecule has 80 valence electrons. The van der Waals surface area contributed by atoms with E-state index >= 15 is 0 Å². The highest BCUT2D eigenvalue weighted by Gasteiger charge is 2.36. The van der Waals surface area contributed by atoms with Crippen LogP contribution in [0.5, 0.6) is 0 Å². The average molecular weight is 202 g/mol. The Bertz CT molecular complexity index is 361. The molecule has 2 heteroatoms. The Balaban J connectivity index is 1.95. The fourth-order valence-corrected chi connectivity index (χ4v) is 3.18. The summed E-state index contributed by atoms with van der Waals surface area (Å²) in [4.78, 5) is 2.58. The van der Waals surface area contributed by atoms with Crippen LogP contribution in [-0.4, -0.2) is 19.1 Å². The molecule has 0 aromatic heterocycles. The molecule has 1 aromatic carbocycles. The second-order valence-corrected chi connectivity index (χ2v) is 4.73. The zero-order chi connectivity index (χ0) is 10.3. The molecule has 2 unspecified atom stereocenters. The monoisotopic (exact) mass is 202 g/mol. The van der Waals surface area contributed by atoms with Gasteiger partial charge < -0.3 is 10.6 Å². The van der Waals surface area contributed by atoms with Crippen molar-refractivity contribution >= 4 is 5.69 Å². The summed E-state index contributed by atoms with van der Waals surface area (Å²) in [5, 5.41) is 0. The summed E-state index contributed by atoms with van der Waals surface area (Å²) in [5.74, 6) is 0.700. The summed E-state index contributed by atoms with van der Waals surface area (Å²) in [7, 11) is 0. The second-order valence-electron chi connectivity index (χ2n) is 4.73. The highest BCUT2D eigenvalue weighted by molar-refractivity contribution is 5.59. The standard InChI is InChI=1S/C13H18N2/c14-9-11-5-3-7-15-12-6-2-1-4-10(12)8-13(11)15/h1-2,4,6,11,13H,3,5,7-9,14H2. The van der Waals surface area contributed by atoms with Crippen LogP contribution in [0.4, 0.5) is 5.69 Å². The van der Waals surface area contributed by atoms with E-state index in [2.05, 4.69) is 29.2 Å². The first-order valence-electron chi connectivity index (χ1n) is 5.95. The Morgan fingerprint density at radius 3 is 3.07 bits per heavy atom. The molecule has 2 N–H and O–H groups in total. The molecule has 1 fully saturated rings. The van der Waals surface area contributed by atoms with E-state index in [1.165, 1.54) is 37.1 Å². The molecule has 0 bridgehead atoms. The zero-order valence-electron chi connectivity index (χ0n) is 9.02. The molecule has 2 nitrogen and oxygen atoms in total. The predicted octanol–water partition coefficient (Wildman–Crippen LogP) is 1.79. The van der Waals surface area contributed by atoms with Gasteiger partial charge in [-0.05, 0) is 43.4 Å². The van der Waals surface area contributed by atoms with Crippen molar-refractivity contribution in [1.82, 2.24) is 0 Å². The van der Waals surface area contributed by atoms with Gasteiger partial charge in [-0.15, -0.1) is 0 Å².